The molecule has 0 saturated carbocycles. The van der Waals surface area contributed by atoms with Crippen molar-refractivity contribution in [3.8, 4) is 11.3 Å². The van der Waals surface area contributed by atoms with Gasteiger partial charge in [0.25, 0.3) is 0 Å². The van der Waals surface area contributed by atoms with Gasteiger partial charge >= 0.3 is 0 Å². The standard InChI is InChI=1S/C14H16ClN3/c1-3-4-12-17-13(9(2)14(16)18-12)10-5-7-11(15)8-6-10/h5-8H,3-4H2,1-2H3,(H2,16,17,18). The van der Waals surface area contributed by atoms with E-state index in [0.717, 1.165) is 35.5 Å². The van der Waals surface area contributed by atoms with Gasteiger partial charge < -0.3 is 5.73 Å². The van der Waals surface area contributed by atoms with Crippen LogP contribution in [0.25, 0.3) is 11.3 Å². The number of aromatic nitrogens is 2. The van der Waals surface area contributed by atoms with E-state index >= 15 is 0 Å². The highest BCUT2D eigenvalue weighted by Gasteiger charge is 2.10. The first kappa shape index (κ1) is 12.8. The Hall–Kier alpha value is -1.61. The molecular weight excluding hydrogens is 246 g/mol. The summed E-state index contributed by atoms with van der Waals surface area (Å²) < 4.78 is 0. The van der Waals surface area contributed by atoms with Crippen molar-refractivity contribution in [2.45, 2.75) is 26.7 Å². The van der Waals surface area contributed by atoms with E-state index in [-0.39, 0.29) is 0 Å². The van der Waals surface area contributed by atoms with Crippen LogP contribution in [0, 0.1) is 6.92 Å². The van der Waals surface area contributed by atoms with E-state index in [4.69, 9.17) is 17.3 Å². The Balaban J connectivity index is 2.51. The fraction of sp³-hybridized carbons (Fsp3) is 0.286. The summed E-state index contributed by atoms with van der Waals surface area (Å²) in [6.45, 7) is 4.04. The molecule has 0 atom stereocenters. The monoisotopic (exact) mass is 261 g/mol. The van der Waals surface area contributed by atoms with Crippen LogP contribution in [0.4, 0.5) is 5.82 Å². The average Bonchev–Trinajstić information content (AvgIpc) is 2.35. The maximum Gasteiger partial charge on any atom is 0.131 e. The lowest BCUT2D eigenvalue weighted by molar-refractivity contribution is 0.836. The molecule has 94 valence electrons. The van der Waals surface area contributed by atoms with Crippen LogP contribution in [0.15, 0.2) is 24.3 Å². The number of hydrogen-bond acceptors (Lipinski definition) is 3. The number of anilines is 1. The molecular formula is C14H16ClN3. The first-order valence-corrected chi connectivity index (χ1v) is 6.38. The molecule has 2 rings (SSSR count). The van der Waals surface area contributed by atoms with Crippen molar-refractivity contribution >= 4 is 17.4 Å². The molecule has 1 aromatic heterocycles. The van der Waals surface area contributed by atoms with E-state index in [9.17, 15) is 0 Å². The van der Waals surface area contributed by atoms with Crippen LogP contribution < -0.4 is 5.73 Å². The normalized spacial score (nSPS) is 10.6. The smallest absolute Gasteiger partial charge is 0.131 e. The molecule has 1 aromatic carbocycles. The molecule has 0 spiro atoms. The molecule has 4 heteroatoms. The Morgan fingerprint density at radius 3 is 2.44 bits per heavy atom. The van der Waals surface area contributed by atoms with Crippen molar-refractivity contribution in [1.29, 1.82) is 0 Å². The summed E-state index contributed by atoms with van der Waals surface area (Å²) in [6.07, 6.45) is 1.84. The van der Waals surface area contributed by atoms with Gasteiger partial charge in [-0.2, -0.15) is 0 Å². The van der Waals surface area contributed by atoms with Gasteiger partial charge in [-0.1, -0.05) is 30.7 Å². The summed E-state index contributed by atoms with van der Waals surface area (Å²) in [5, 5.41) is 0.715. The predicted molar refractivity (Wildman–Crippen MR) is 75.6 cm³/mol. The van der Waals surface area contributed by atoms with Gasteiger partial charge in [-0.15, -0.1) is 0 Å². The van der Waals surface area contributed by atoms with Crippen LogP contribution in [-0.2, 0) is 6.42 Å². The van der Waals surface area contributed by atoms with E-state index in [1.165, 1.54) is 0 Å². The summed E-state index contributed by atoms with van der Waals surface area (Å²) in [7, 11) is 0. The van der Waals surface area contributed by atoms with Crippen LogP contribution in [0.1, 0.15) is 24.7 Å². The van der Waals surface area contributed by atoms with E-state index in [0.29, 0.717) is 10.8 Å². The molecule has 0 aliphatic rings. The predicted octanol–water partition coefficient (Wildman–Crippen LogP) is 3.64. The molecule has 2 N–H and O–H groups in total. The minimum Gasteiger partial charge on any atom is -0.383 e. The van der Waals surface area contributed by atoms with E-state index in [2.05, 4.69) is 16.9 Å². The molecule has 0 unspecified atom stereocenters. The number of halogens is 1. The number of nitrogen functional groups attached to an aromatic ring is 1. The van der Waals surface area contributed by atoms with Gasteiger partial charge in [-0.25, -0.2) is 9.97 Å². The minimum atomic E-state index is 0.554. The molecule has 0 amide bonds. The maximum absolute atomic E-state index is 5.94. The second kappa shape index (κ2) is 5.36. The van der Waals surface area contributed by atoms with Gasteiger partial charge in [0.2, 0.25) is 0 Å². The molecule has 2 aromatic rings. The minimum absolute atomic E-state index is 0.554. The van der Waals surface area contributed by atoms with Gasteiger partial charge in [0.15, 0.2) is 0 Å². The molecule has 3 nitrogen and oxygen atoms in total. The second-order valence-electron chi connectivity index (χ2n) is 4.26. The Morgan fingerprint density at radius 2 is 1.83 bits per heavy atom. The zero-order chi connectivity index (χ0) is 13.1. The summed E-state index contributed by atoms with van der Waals surface area (Å²) in [4.78, 5) is 8.90. The maximum atomic E-state index is 5.94. The average molecular weight is 262 g/mol. The fourth-order valence-corrected chi connectivity index (χ4v) is 1.93. The zero-order valence-corrected chi connectivity index (χ0v) is 11.3. The highest BCUT2D eigenvalue weighted by molar-refractivity contribution is 6.30. The third-order valence-electron chi connectivity index (χ3n) is 2.82. The lowest BCUT2D eigenvalue weighted by Gasteiger charge is -2.10. The third-order valence-corrected chi connectivity index (χ3v) is 3.07. The molecule has 0 bridgehead atoms. The quantitative estimate of drug-likeness (QED) is 0.918. The number of nitrogens with zero attached hydrogens (tertiary/aromatic N) is 2. The van der Waals surface area contributed by atoms with Crippen LogP contribution in [-0.4, -0.2) is 9.97 Å². The van der Waals surface area contributed by atoms with Gasteiger partial charge in [0.05, 0.1) is 5.69 Å². The van der Waals surface area contributed by atoms with Crippen molar-refractivity contribution in [2.75, 3.05) is 5.73 Å². The van der Waals surface area contributed by atoms with Crippen LogP contribution >= 0.6 is 11.6 Å². The first-order chi connectivity index (χ1) is 8.61. The van der Waals surface area contributed by atoms with Crippen molar-refractivity contribution in [3.63, 3.8) is 0 Å². The summed E-state index contributed by atoms with van der Waals surface area (Å²) >= 11 is 5.89. The number of aryl methyl sites for hydroxylation is 1. The van der Waals surface area contributed by atoms with Gasteiger partial charge in [-0.3, -0.25) is 0 Å². The number of hydrogen-bond donors (Lipinski definition) is 1. The molecule has 0 saturated heterocycles. The molecule has 0 aliphatic carbocycles. The first-order valence-electron chi connectivity index (χ1n) is 6.00. The number of rotatable bonds is 3. The van der Waals surface area contributed by atoms with Crippen LogP contribution in [0.3, 0.4) is 0 Å². The zero-order valence-electron chi connectivity index (χ0n) is 10.6. The molecule has 1 heterocycles. The molecule has 0 aliphatic heterocycles. The Morgan fingerprint density at radius 1 is 1.17 bits per heavy atom. The Labute approximate surface area is 112 Å². The summed E-state index contributed by atoms with van der Waals surface area (Å²) in [5.41, 5.74) is 8.76. The largest absolute Gasteiger partial charge is 0.383 e. The lowest BCUT2D eigenvalue weighted by atomic mass is 10.1. The van der Waals surface area contributed by atoms with Gasteiger partial charge in [-0.05, 0) is 25.5 Å². The van der Waals surface area contributed by atoms with Crippen LogP contribution in [0.5, 0.6) is 0 Å². The third kappa shape index (κ3) is 2.62. The number of nitrogens with two attached hydrogens (primary N) is 1. The van der Waals surface area contributed by atoms with Gasteiger partial charge in [0, 0.05) is 22.6 Å². The van der Waals surface area contributed by atoms with Crippen molar-refractivity contribution in [3.05, 3.63) is 40.7 Å². The highest BCUT2D eigenvalue weighted by Crippen LogP contribution is 2.25. The van der Waals surface area contributed by atoms with E-state index in [1.807, 2.05) is 31.2 Å². The van der Waals surface area contributed by atoms with Crippen LogP contribution in [0.2, 0.25) is 5.02 Å². The summed E-state index contributed by atoms with van der Waals surface area (Å²) in [6, 6.07) is 7.61. The lowest BCUT2D eigenvalue weighted by Crippen LogP contribution is -2.04. The van der Waals surface area contributed by atoms with Gasteiger partial charge in [0.1, 0.15) is 11.6 Å². The summed E-state index contributed by atoms with van der Waals surface area (Å²) in [5.74, 6) is 1.35. The molecule has 0 radical (unpaired) electrons. The number of benzene rings is 1. The van der Waals surface area contributed by atoms with Crippen molar-refractivity contribution in [2.24, 2.45) is 0 Å². The van der Waals surface area contributed by atoms with Crippen molar-refractivity contribution < 1.29 is 0 Å². The van der Waals surface area contributed by atoms with E-state index in [1.54, 1.807) is 0 Å². The Kier molecular flexibility index (Phi) is 3.82. The SMILES string of the molecule is CCCc1nc(N)c(C)c(-c2ccc(Cl)cc2)n1. The topological polar surface area (TPSA) is 51.8 Å². The molecule has 0 fully saturated rings. The fourth-order valence-electron chi connectivity index (χ4n) is 1.81. The van der Waals surface area contributed by atoms with Crippen molar-refractivity contribution in [1.82, 2.24) is 9.97 Å². The second-order valence-corrected chi connectivity index (χ2v) is 4.69. The molecule has 18 heavy (non-hydrogen) atoms. The Bertz CT molecular complexity index is 550. The van der Waals surface area contributed by atoms with E-state index < -0.39 is 0 Å². The highest BCUT2D eigenvalue weighted by atomic mass is 35.5.